The summed E-state index contributed by atoms with van der Waals surface area (Å²) in [7, 11) is 3.38. The van der Waals surface area contributed by atoms with Crippen molar-refractivity contribution < 1.29 is 9.53 Å². The molecule has 0 saturated heterocycles. The number of hydrogen-bond acceptors (Lipinski definition) is 7. The second-order valence-electron chi connectivity index (χ2n) is 6.49. The van der Waals surface area contributed by atoms with E-state index in [-0.39, 0.29) is 15.5 Å². The number of halogens is 4. The summed E-state index contributed by atoms with van der Waals surface area (Å²) in [6, 6.07) is 3.03. The molecule has 0 spiro atoms. The highest BCUT2D eigenvalue weighted by atomic mass is 35.5. The van der Waals surface area contributed by atoms with Gasteiger partial charge in [-0.2, -0.15) is 0 Å². The Hall–Kier alpha value is -1.87. The van der Waals surface area contributed by atoms with Crippen LogP contribution < -0.4 is 21.7 Å². The van der Waals surface area contributed by atoms with Gasteiger partial charge in [0.25, 0.3) is 0 Å². The molecule has 0 radical (unpaired) electrons. The van der Waals surface area contributed by atoms with Gasteiger partial charge in [-0.05, 0) is 20.8 Å². The van der Waals surface area contributed by atoms with Crippen molar-refractivity contribution in [2.75, 3.05) is 35.8 Å². The molecule has 160 valence electrons. The van der Waals surface area contributed by atoms with Crippen molar-refractivity contribution in [2.24, 2.45) is 0 Å². The Bertz CT molecular complexity index is 851. The molecular formula is C17H22Cl4N6O2. The SMILES string of the molecule is CNc1c(N)cc(Cl)nc1Cl.CNc1c(NC(=O)OC(C)(C)C)cc(Cl)nc1Cl. The van der Waals surface area contributed by atoms with Crippen molar-refractivity contribution in [2.45, 2.75) is 26.4 Å². The molecule has 0 unspecified atom stereocenters. The fourth-order valence-corrected chi connectivity index (χ4v) is 3.05. The van der Waals surface area contributed by atoms with Crippen LogP contribution in [0.4, 0.5) is 27.5 Å². The molecule has 2 aromatic rings. The number of ether oxygens (including phenoxy) is 1. The molecule has 0 atom stereocenters. The van der Waals surface area contributed by atoms with E-state index in [1.165, 1.54) is 6.07 Å². The van der Waals surface area contributed by atoms with Crippen LogP contribution in [-0.2, 0) is 4.74 Å². The van der Waals surface area contributed by atoms with Crippen LogP contribution >= 0.6 is 46.4 Å². The lowest BCUT2D eigenvalue weighted by molar-refractivity contribution is 0.0636. The molecule has 0 aliphatic carbocycles. The van der Waals surface area contributed by atoms with Crippen LogP contribution in [0.1, 0.15) is 20.8 Å². The van der Waals surface area contributed by atoms with Gasteiger partial charge in [0.1, 0.15) is 15.9 Å². The third kappa shape index (κ3) is 8.18. The quantitative estimate of drug-likeness (QED) is 0.408. The van der Waals surface area contributed by atoms with E-state index in [4.69, 9.17) is 56.9 Å². The highest BCUT2D eigenvalue weighted by molar-refractivity contribution is 6.35. The van der Waals surface area contributed by atoms with Gasteiger partial charge in [0.15, 0.2) is 10.3 Å². The van der Waals surface area contributed by atoms with Crippen LogP contribution in [0.25, 0.3) is 0 Å². The predicted octanol–water partition coefficient (Wildman–Crippen LogP) is 5.79. The molecule has 2 aromatic heterocycles. The summed E-state index contributed by atoms with van der Waals surface area (Å²) in [6.45, 7) is 5.33. The number of carbonyl (C=O) groups excluding carboxylic acids is 1. The number of rotatable bonds is 3. The number of nitrogens with one attached hydrogen (secondary N) is 3. The second-order valence-corrected chi connectivity index (χ2v) is 7.98. The van der Waals surface area contributed by atoms with Gasteiger partial charge >= 0.3 is 6.09 Å². The molecule has 0 aliphatic heterocycles. The topological polar surface area (TPSA) is 114 Å². The lowest BCUT2D eigenvalue weighted by atomic mass is 10.2. The number of amides is 1. The Kier molecular flexibility index (Phi) is 9.35. The van der Waals surface area contributed by atoms with Gasteiger partial charge in [-0.25, -0.2) is 14.8 Å². The fraction of sp³-hybridized carbons (Fsp3) is 0.353. The molecule has 2 rings (SSSR count). The molecule has 0 fully saturated rings. The van der Waals surface area contributed by atoms with E-state index in [2.05, 4.69) is 25.9 Å². The van der Waals surface area contributed by atoms with Crippen LogP contribution in [0.5, 0.6) is 0 Å². The highest BCUT2D eigenvalue weighted by Gasteiger charge is 2.18. The zero-order valence-corrected chi connectivity index (χ0v) is 19.5. The summed E-state index contributed by atoms with van der Waals surface area (Å²) in [4.78, 5) is 19.3. The standard InChI is InChI=1S/C11H15Cl2N3O2.C6H7Cl2N3/c1-11(2,3)18-10(17)15-6-5-7(12)16-9(13)8(6)14-4;1-10-5-3(9)2-4(7)11-6(5)8/h5,14H,1-4H3,(H,15,16,17);2,10H,1H3,(H2,9,11). The first-order chi connectivity index (χ1) is 13.4. The van der Waals surface area contributed by atoms with Crippen molar-refractivity contribution >= 4 is 75.2 Å². The van der Waals surface area contributed by atoms with Gasteiger partial charge in [-0.3, -0.25) is 5.32 Å². The van der Waals surface area contributed by atoms with Gasteiger partial charge in [-0.15, -0.1) is 0 Å². The molecule has 12 heteroatoms. The molecule has 5 N–H and O–H groups in total. The highest BCUT2D eigenvalue weighted by Crippen LogP contribution is 2.31. The maximum absolute atomic E-state index is 11.7. The summed E-state index contributed by atoms with van der Waals surface area (Å²) in [5.74, 6) is 0. The predicted molar refractivity (Wildman–Crippen MR) is 122 cm³/mol. The van der Waals surface area contributed by atoms with Crippen LogP contribution in [-0.4, -0.2) is 35.8 Å². The van der Waals surface area contributed by atoms with Gasteiger partial charge in [0.05, 0.1) is 22.7 Å². The van der Waals surface area contributed by atoms with Crippen molar-refractivity contribution in [3.8, 4) is 0 Å². The maximum atomic E-state index is 11.7. The van der Waals surface area contributed by atoms with Crippen molar-refractivity contribution in [1.29, 1.82) is 0 Å². The van der Waals surface area contributed by atoms with Crippen molar-refractivity contribution in [3.63, 3.8) is 0 Å². The molecule has 2 heterocycles. The normalized spacial score (nSPS) is 10.5. The number of hydrogen-bond donors (Lipinski definition) is 4. The largest absolute Gasteiger partial charge is 0.444 e. The minimum Gasteiger partial charge on any atom is -0.444 e. The number of anilines is 4. The summed E-state index contributed by atoms with van der Waals surface area (Å²) >= 11 is 23.0. The average molecular weight is 484 g/mol. The second kappa shape index (κ2) is 10.8. The zero-order valence-electron chi connectivity index (χ0n) is 16.5. The van der Waals surface area contributed by atoms with E-state index in [1.54, 1.807) is 40.9 Å². The smallest absolute Gasteiger partial charge is 0.412 e. The third-order valence-electron chi connectivity index (χ3n) is 3.05. The lowest BCUT2D eigenvalue weighted by Gasteiger charge is -2.20. The van der Waals surface area contributed by atoms with E-state index >= 15 is 0 Å². The lowest BCUT2D eigenvalue weighted by Crippen LogP contribution is -2.27. The summed E-state index contributed by atoms with van der Waals surface area (Å²) in [5, 5.41) is 9.16. The van der Waals surface area contributed by atoms with Crippen molar-refractivity contribution in [3.05, 3.63) is 32.7 Å². The number of nitrogen functional groups attached to an aromatic ring is 1. The zero-order chi connectivity index (χ0) is 22.4. The molecule has 29 heavy (non-hydrogen) atoms. The Morgan fingerprint density at radius 2 is 1.45 bits per heavy atom. The molecular weight excluding hydrogens is 462 g/mol. The molecule has 0 saturated carbocycles. The number of aromatic nitrogens is 2. The van der Waals surface area contributed by atoms with Crippen LogP contribution in [0, 0.1) is 0 Å². The first-order valence-electron chi connectivity index (χ1n) is 8.21. The van der Waals surface area contributed by atoms with Gasteiger partial charge < -0.3 is 21.1 Å². The van der Waals surface area contributed by atoms with E-state index in [0.29, 0.717) is 27.9 Å². The number of pyridine rings is 2. The van der Waals surface area contributed by atoms with E-state index in [9.17, 15) is 4.79 Å². The number of carbonyl (C=O) groups is 1. The van der Waals surface area contributed by atoms with E-state index < -0.39 is 11.7 Å². The van der Waals surface area contributed by atoms with Gasteiger partial charge in [-0.1, -0.05) is 46.4 Å². The van der Waals surface area contributed by atoms with Crippen LogP contribution in [0.3, 0.4) is 0 Å². The summed E-state index contributed by atoms with van der Waals surface area (Å²) in [5.41, 5.74) is 6.98. The minimum atomic E-state index is -0.586. The Balaban J connectivity index is 0.000000326. The first kappa shape index (κ1) is 25.2. The van der Waals surface area contributed by atoms with E-state index in [0.717, 1.165) is 0 Å². The Morgan fingerprint density at radius 1 is 0.966 bits per heavy atom. The summed E-state index contributed by atoms with van der Waals surface area (Å²) in [6.07, 6.45) is -0.586. The third-order valence-corrected chi connectivity index (χ3v) is 3.99. The molecule has 0 aliphatic rings. The van der Waals surface area contributed by atoms with E-state index in [1.807, 2.05) is 0 Å². The number of nitrogens with zero attached hydrogens (tertiary/aromatic N) is 2. The molecule has 0 bridgehead atoms. The molecule has 8 nitrogen and oxygen atoms in total. The fourth-order valence-electron chi connectivity index (χ4n) is 1.98. The average Bonchev–Trinajstić information content (AvgIpc) is 2.52. The molecule has 0 aromatic carbocycles. The van der Waals surface area contributed by atoms with Crippen LogP contribution in [0.15, 0.2) is 12.1 Å². The Labute approximate surface area is 189 Å². The minimum absolute atomic E-state index is 0.177. The van der Waals surface area contributed by atoms with Gasteiger partial charge in [0, 0.05) is 26.2 Å². The first-order valence-corrected chi connectivity index (χ1v) is 9.72. The maximum Gasteiger partial charge on any atom is 0.412 e. The number of nitrogens with two attached hydrogens (primary N) is 1. The van der Waals surface area contributed by atoms with Gasteiger partial charge in [0.2, 0.25) is 0 Å². The Morgan fingerprint density at radius 3 is 1.90 bits per heavy atom. The van der Waals surface area contributed by atoms with Crippen molar-refractivity contribution in [1.82, 2.24) is 9.97 Å². The summed E-state index contributed by atoms with van der Waals surface area (Å²) < 4.78 is 5.14. The van der Waals surface area contributed by atoms with Crippen LogP contribution in [0.2, 0.25) is 20.6 Å². The molecule has 1 amide bonds. The monoisotopic (exact) mass is 482 g/mol.